The summed E-state index contributed by atoms with van der Waals surface area (Å²) in [6.45, 7) is 0. The Labute approximate surface area is 170 Å². The van der Waals surface area contributed by atoms with Crippen LogP contribution in [0.25, 0.3) is 15.3 Å². The van der Waals surface area contributed by atoms with Gasteiger partial charge in [-0.15, -0.1) is 11.8 Å². The van der Waals surface area contributed by atoms with Gasteiger partial charge in [-0.1, -0.05) is 41.7 Å². The van der Waals surface area contributed by atoms with Gasteiger partial charge in [-0.25, -0.2) is 4.98 Å². The normalized spacial score (nSPS) is 13.0. The van der Waals surface area contributed by atoms with Crippen LogP contribution in [0.5, 0.6) is 0 Å². The standard InChI is InChI=1S/C21H18N4OS2/c26-19(13-27-14-7-2-1-3-8-14)23-20-15-9-6-11-16(15)24-25(20)21-22-17-10-4-5-12-18(17)28-21/h1-5,7-8,10,12H,6,9,11,13H2,(H,23,26). The first-order valence-electron chi connectivity index (χ1n) is 9.22. The Kier molecular flexibility index (Phi) is 4.62. The monoisotopic (exact) mass is 406 g/mol. The fourth-order valence-electron chi connectivity index (χ4n) is 3.44. The molecule has 0 spiro atoms. The van der Waals surface area contributed by atoms with E-state index in [4.69, 9.17) is 10.1 Å². The van der Waals surface area contributed by atoms with Crippen molar-refractivity contribution in [2.45, 2.75) is 24.2 Å². The lowest BCUT2D eigenvalue weighted by Crippen LogP contribution is -2.18. The number of thioether (sulfide) groups is 1. The van der Waals surface area contributed by atoms with E-state index in [9.17, 15) is 4.79 Å². The number of nitrogens with one attached hydrogen (secondary N) is 1. The van der Waals surface area contributed by atoms with Crippen molar-refractivity contribution >= 4 is 45.0 Å². The summed E-state index contributed by atoms with van der Waals surface area (Å²) < 4.78 is 2.93. The molecule has 5 rings (SSSR count). The number of thiazole rings is 1. The van der Waals surface area contributed by atoms with E-state index in [0.717, 1.165) is 56.6 Å². The highest BCUT2D eigenvalue weighted by Crippen LogP contribution is 2.33. The lowest BCUT2D eigenvalue weighted by atomic mass is 10.2. The second-order valence-electron chi connectivity index (χ2n) is 6.65. The van der Waals surface area contributed by atoms with Crippen molar-refractivity contribution < 1.29 is 4.79 Å². The molecule has 7 heteroatoms. The average molecular weight is 407 g/mol. The van der Waals surface area contributed by atoms with Gasteiger partial charge in [0.15, 0.2) is 0 Å². The number of hydrogen-bond acceptors (Lipinski definition) is 5. The van der Waals surface area contributed by atoms with Crippen molar-refractivity contribution in [3.8, 4) is 5.13 Å². The summed E-state index contributed by atoms with van der Waals surface area (Å²) in [7, 11) is 0. The van der Waals surface area contributed by atoms with Gasteiger partial charge in [-0.3, -0.25) is 4.79 Å². The molecular weight excluding hydrogens is 388 g/mol. The third-order valence-electron chi connectivity index (χ3n) is 4.74. The number of benzene rings is 2. The zero-order valence-electron chi connectivity index (χ0n) is 15.1. The summed E-state index contributed by atoms with van der Waals surface area (Å²) in [4.78, 5) is 18.5. The molecule has 4 aromatic rings. The van der Waals surface area contributed by atoms with Crippen LogP contribution in [-0.2, 0) is 17.6 Å². The Bertz CT molecular complexity index is 1120. The molecule has 1 aliphatic rings. The molecule has 0 aliphatic heterocycles. The molecule has 1 N–H and O–H groups in total. The predicted octanol–water partition coefficient (Wildman–Crippen LogP) is 4.70. The van der Waals surface area contributed by atoms with Crippen molar-refractivity contribution in [1.82, 2.24) is 14.8 Å². The van der Waals surface area contributed by atoms with Crippen LogP contribution >= 0.6 is 23.1 Å². The number of fused-ring (bicyclic) bond motifs is 2. The molecule has 1 aliphatic carbocycles. The number of carbonyl (C=O) groups excluding carboxylic acids is 1. The first-order chi connectivity index (χ1) is 13.8. The predicted molar refractivity (Wildman–Crippen MR) is 115 cm³/mol. The third kappa shape index (κ3) is 3.31. The molecule has 0 saturated heterocycles. The van der Waals surface area contributed by atoms with Gasteiger partial charge in [0.1, 0.15) is 5.82 Å². The Balaban J connectivity index is 1.43. The van der Waals surface area contributed by atoms with Gasteiger partial charge in [-0.2, -0.15) is 9.78 Å². The van der Waals surface area contributed by atoms with Gasteiger partial charge < -0.3 is 5.32 Å². The first-order valence-corrected chi connectivity index (χ1v) is 11.0. The van der Waals surface area contributed by atoms with Crippen molar-refractivity contribution in [2.24, 2.45) is 0 Å². The zero-order chi connectivity index (χ0) is 18.9. The molecule has 1 amide bonds. The van der Waals surface area contributed by atoms with Gasteiger partial charge in [0.25, 0.3) is 0 Å². The van der Waals surface area contributed by atoms with E-state index in [1.165, 1.54) is 11.8 Å². The van der Waals surface area contributed by atoms with Crippen molar-refractivity contribution in [3.63, 3.8) is 0 Å². The fraction of sp³-hybridized carbons (Fsp3) is 0.190. The number of para-hydroxylation sites is 1. The largest absolute Gasteiger partial charge is 0.310 e. The quantitative estimate of drug-likeness (QED) is 0.488. The molecule has 0 unspecified atom stereocenters. The average Bonchev–Trinajstić information content (AvgIpc) is 3.42. The second kappa shape index (κ2) is 7.41. The summed E-state index contributed by atoms with van der Waals surface area (Å²) in [5, 5.41) is 8.68. The van der Waals surface area contributed by atoms with Gasteiger partial charge in [0, 0.05) is 10.5 Å². The van der Waals surface area contributed by atoms with Crippen LogP contribution in [0.1, 0.15) is 17.7 Å². The molecule has 0 saturated carbocycles. The molecule has 140 valence electrons. The maximum atomic E-state index is 12.6. The number of anilines is 1. The summed E-state index contributed by atoms with van der Waals surface area (Å²) in [6.07, 6.45) is 2.98. The highest BCUT2D eigenvalue weighted by atomic mass is 32.2. The summed E-state index contributed by atoms with van der Waals surface area (Å²) >= 11 is 3.13. The minimum Gasteiger partial charge on any atom is -0.310 e. The number of rotatable bonds is 5. The highest BCUT2D eigenvalue weighted by molar-refractivity contribution is 8.00. The van der Waals surface area contributed by atoms with E-state index in [1.54, 1.807) is 11.3 Å². The van der Waals surface area contributed by atoms with Crippen LogP contribution in [-0.4, -0.2) is 26.4 Å². The smallest absolute Gasteiger partial charge is 0.235 e. The molecule has 2 aromatic heterocycles. The molecule has 0 atom stereocenters. The lowest BCUT2D eigenvalue weighted by Gasteiger charge is -2.09. The van der Waals surface area contributed by atoms with Gasteiger partial charge in [0.05, 0.1) is 21.7 Å². The molecule has 0 bridgehead atoms. The lowest BCUT2D eigenvalue weighted by molar-refractivity contribution is -0.113. The molecular formula is C21H18N4OS2. The van der Waals surface area contributed by atoms with Crippen LogP contribution in [0.2, 0.25) is 0 Å². The van der Waals surface area contributed by atoms with Crippen molar-refractivity contribution in [2.75, 3.05) is 11.1 Å². The minimum absolute atomic E-state index is 0.0224. The molecule has 2 aromatic carbocycles. The summed E-state index contributed by atoms with van der Waals surface area (Å²) in [5.41, 5.74) is 3.18. The van der Waals surface area contributed by atoms with Crippen LogP contribution in [0, 0.1) is 0 Å². The second-order valence-corrected chi connectivity index (χ2v) is 8.71. The SMILES string of the molecule is O=C(CSc1ccccc1)Nc1c2c(nn1-c1nc3ccccc3s1)CCC2. The Morgan fingerprint density at radius 3 is 2.79 bits per heavy atom. The van der Waals surface area contributed by atoms with Crippen LogP contribution in [0.4, 0.5) is 5.82 Å². The Hall–Kier alpha value is -2.64. The molecule has 2 heterocycles. The zero-order valence-corrected chi connectivity index (χ0v) is 16.7. The van der Waals surface area contributed by atoms with Crippen LogP contribution in [0.15, 0.2) is 59.5 Å². The minimum atomic E-state index is -0.0224. The number of hydrogen-bond donors (Lipinski definition) is 1. The Morgan fingerprint density at radius 1 is 1.11 bits per heavy atom. The molecule has 0 fully saturated rings. The van der Waals surface area contributed by atoms with Crippen molar-refractivity contribution in [3.05, 3.63) is 65.9 Å². The third-order valence-corrected chi connectivity index (χ3v) is 6.77. The first kappa shape index (κ1) is 17.5. The van der Waals surface area contributed by atoms with E-state index >= 15 is 0 Å². The van der Waals surface area contributed by atoms with E-state index in [1.807, 2.05) is 53.2 Å². The molecule has 0 radical (unpaired) electrons. The highest BCUT2D eigenvalue weighted by Gasteiger charge is 2.25. The molecule has 5 nitrogen and oxygen atoms in total. The fourth-order valence-corrected chi connectivity index (χ4v) is 5.09. The van der Waals surface area contributed by atoms with E-state index < -0.39 is 0 Å². The van der Waals surface area contributed by atoms with E-state index in [0.29, 0.717) is 5.75 Å². The maximum absolute atomic E-state index is 12.6. The molecule has 28 heavy (non-hydrogen) atoms. The summed E-state index contributed by atoms with van der Waals surface area (Å²) in [6, 6.07) is 18.0. The van der Waals surface area contributed by atoms with Crippen LogP contribution in [0.3, 0.4) is 0 Å². The number of nitrogens with zero attached hydrogens (tertiary/aromatic N) is 3. The maximum Gasteiger partial charge on any atom is 0.235 e. The Morgan fingerprint density at radius 2 is 1.93 bits per heavy atom. The van der Waals surface area contributed by atoms with Crippen LogP contribution < -0.4 is 5.32 Å². The van der Waals surface area contributed by atoms with Gasteiger partial charge in [0.2, 0.25) is 11.0 Å². The van der Waals surface area contributed by atoms with Crippen molar-refractivity contribution in [1.29, 1.82) is 0 Å². The topological polar surface area (TPSA) is 59.8 Å². The van der Waals surface area contributed by atoms with E-state index in [2.05, 4.69) is 11.4 Å². The number of carbonyl (C=O) groups is 1. The van der Waals surface area contributed by atoms with Gasteiger partial charge >= 0.3 is 0 Å². The number of aryl methyl sites for hydroxylation is 1. The number of aromatic nitrogens is 3. The number of amides is 1. The van der Waals surface area contributed by atoms with E-state index in [-0.39, 0.29) is 5.91 Å². The summed E-state index contributed by atoms with van der Waals surface area (Å²) in [5.74, 6) is 1.13. The van der Waals surface area contributed by atoms with Gasteiger partial charge in [-0.05, 0) is 43.5 Å².